The summed E-state index contributed by atoms with van der Waals surface area (Å²) < 4.78 is 2.39. The fourth-order valence-corrected chi connectivity index (χ4v) is 2.79. The van der Waals surface area contributed by atoms with E-state index in [4.69, 9.17) is 0 Å². The molecule has 0 aliphatic rings. The minimum Gasteiger partial charge on any atom is -0.322 e. The van der Waals surface area contributed by atoms with Gasteiger partial charge in [0.25, 0.3) is 11.5 Å². The molecular weight excluding hydrogens is 368 g/mol. The quantitative estimate of drug-likeness (QED) is 0.743. The Morgan fingerprint density at radius 3 is 2.38 bits per heavy atom. The first-order valence-electron chi connectivity index (χ1n) is 7.44. The molecule has 1 amide bonds. The zero-order valence-electron chi connectivity index (χ0n) is 12.8. The number of benzene rings is 2. The Balaban J connectivity index is 1.71. The van der Waals surface area contributed by atoms with Crippen LogP contribution in [0.3, 0.4) is 0 Å². The zero-order chi connectivity index (χ0) is 16.9. The molecule has 0 saturated carbocycles. The number of hydrogen-bond acceptors (Lipinski definition) is 2. The van der Waals surface area contributed by atoms with Gasteiger partial charge in [0.15, 0.2) is 0 Å². The van der Waals surface area contributed by atoms with Gasteiger partial charge in [-0.3, -0.25) is 9.59 Å². The van der Waals surface area contributed by atoms with Gasteiger partial charge in [-0.15, -0.1) is 0 Å². The number of hydrogen-bond donors (Lipinski definition) is 1. The fourth-order valence-electron chi connectivity index (χ4n) is 2.33. The third kappa shape index (κ3) is 3.81. The van der Waals surface area contributed by atoms with Crippen LogP contribution in [-0.2, 0) is 6.54 Å². The lowest BCUT2D eigenvalue weighted by atomic mass is 10.1. The first kappa shape index (κ1) is 16.2. The van der Waals surface area contributed by atoms with Crippen LogP contribution in [0.1, 0.15) is 15.9 Å². The molecule has 4 nitrogen and oxygen atoms in total. The lowest BCUT2D eigenvalue weighted by Gasteiger charge is -2.09. The van der Waals surface area contributed by atoms with Crippen molar-refractivity contribution in [3.63, 3.8) is 0 Å². The molecule has 0 unspecified atom stereocenters. The molecule has 1 aromatic heterocycles. The molecule has 0 radical (unpaired) electrons. The molecule has 120 valence electrons. The van der Waals surface area contributed by atoms with Gasteiger partial charge in [-0.25, -0.2) is 0 Å². The minimum atomic E-state index is -0.172. The van der Waals surface area contributed by atoms with Gasteiger partial charge in [-0.1, -0.05) is 30.3 Å². The highest BCUT2D eigenvalue weighted by atomic mass is 79.9. The first-order valence-corrected chi connectivity index (χ1v) is 8.23. The second-order valence-electron chi connectivity index (χ2n) is 5.30. The maximum absolute atomic E-state index is 12.3. The number of nitrogens with zero attached hydrogens (tertiary/aromatic N) is 1. The highest BCUT2D eigenvalue weighted by molar-refractivity contribution is 9.10. The average molecular weight is 383 g/mol. The van der Waals surface area contributed by atoms with Crippen molar-refractivity contribution in [1.82, 2.24) is 4.57 Å². The third-order valence-corrected chi connectivity index (χ3v) is 4.27. The Labute approximate surface area is 147 Å². The van der Waals surface area contributed by atoms with E-state index in [1.165, 1.54) is 6.07 Å². The lowest BCUT2D eigenvalue weighted by molar-refractivity contribution is 0.102. The summed E-state index contributed by atoms with van der Waals surface area (Å²) in [5.74, 6) is -0.172. The lowest BCUT2D eigenvalue weighted by Crippen LogP contribution is -2.18. The molecule has 0 saturated heterocycles. The van der Waals surface area contributed by atoms with E-state index in [9.17, 15) is 9.59 Å². The summed E-state index contributed by atoms with van der Waals surface area (Å²) in [4.78, 5) is 24.0. The van der Waals surface area contributed by atoms with Crippen LogP contribution in [0.4, 0.5) is 5.69 Å². The van der Waals surface area contributed by atoms with Crippen molar-refractivity contribution >= 4 is 27.5 Å². The molecule has 0 fully saturated rings. The van der Waals surface area contributed by atoms with Crippen molar-refractivity contribution in [2.75, 3.05) is 5.32 Å². The number of anilines is 1. The van der Waals surface area contributed by atoms with E-state index in [0.717, 1.165) is 10.0 Å². The first-order chi connectivity index (χ1) is 11.6. The van der Waals surface area contributed by atoms with E-state index >= 15 is 0 Å². The fraction of sp³-hybridized carbons (Fsp3) is 0.0526. The zero-order valence-corrected chi connectivity index (χ0v) is 14.4. The highest BCUT2D eigenvalue weighted by Crippen LogP contribution is 2.18. The highest BCUT2D eigenvalue weighted by Gasteiger charge is 2.09. The topological polar surface area (TPSA) is 51.1 Å². The molecule has 0 spiro atoms. The van der Waals surface area contributed by atoms with Crippen LogP contribution < -0.4 is 10.9 Å². The summed E-state index contributed by atoms with van der Waals surface area (Å²) in [5, 5.41) is 2.86. The number of pyridine rings is 1. The Hall–Kier alpha value is -2.66. The van der Waals surface area contributed by atoms with Crippen LogP contribution in [0.5, 0.6) is 0 Å². The third-order valence-electron chi connectivity index (χ3n) is 3.58. The largest absolute Gasteiger partial charge is 0.322 e. The minimum absolute atomic E-state index is 0.0381. The van der Waals surface area contributed by atoms with Gasteiger partial charge in [-0.05, 0) is 51.8 Å². The number of rotatable bonds is 4. The molecule has 24 heavy (non-hydrogen) atoms. The Morgan fingerprint density at radius 2 is 1.67 bits per heavy atom. The van der Waals surface area contributed by atoms with E-state index in [1.807, 2.05) is 48.5 Å². The van der Waals surface area contributed by atoms with Gasteiger partial charge in [0.1, 0.15) is 0 Å². The van der Waals surface area contributed by atoms with Crippen molar-refractivity contribution in [2.24, 2.45) is 0 Å². The molecule has 1 heterocycles. The summed E-state index contributed by atoms with van der Waals surface area (Å²) in [6.07, 6.45) is 1.75. The van der Waals surface area contributed by atoms with Gasteiger partial charge in [-0.2, -0.15) is 0 Å². The van der Waals surface area contributed by atoms with Crippen molar-refractivity contribution in [2.45, 2.75) is 6.54 Å². The van der Waals surface area contributed by atoms with Crippen LogP contribution >= 0.6 is 15.9 Å². The Morgan fingerprint density at radius 1 is 0.958 bits per heavy atom. The van der Waals surface area contributed by atoms with E-state index in [1.54, 1.807) is 22.9 Å². The number of amides is 1. The maximum atomic E-state index is 12.3. The molecule has 0 atom stereocenters. The summed E-state index contributed by atoms with van der Waals surface area (Å²) in [5.41, 5.74) is 2.24. The molecule has 2 aromatic carbocycles. The van der Waals surface area contributed by atoms with Crippen molar-refractivity contribution in [1.29, 1.82) is 0 Å². The second-order valence-corrected chi connectivity index (χ2v) is 6.15. The number of halogens is 1. The molecule has 5 heteroatoms. The van der Waals surface area contributed by atoms with Gasteiger partial charge in [0.2, 0.25) is 0 Å². The van der Waals surface area contributed by atoms with E-state index < -0.39 is 0 Å². The van der Waals surface area contributed by atoms with Crippen LogP contribution in [-0.4, -0.2) is 10.5 Å². The van der Waals surface area contributed by atoms with E-state index in [2.05, 4.69) is 21.2 Å². The summed E-state index contributed by atoms with van der Waals surface area (Å²) in [6.45, 7) is 0.498. The molecule has 3 rings (SSSR count). The smallest absolute Gasteiger partial charge is 0.256 e. The molecule has 0 aliphatic heterocycles. The van der Waals surface area contributed by atoms with Crippen LogP contribution in [0.2, 0.25) is 0 Å². The second kappa shape index (κ2) is 7.27. The van der Waals surface area contributed by atoms with E-state index in [0.29, 0.717) is 17.8 Å². The predicted molar refractivity (Wildman–Crippen MR) is 98.3 cm³/mol. The number of carbonyl (C=O) groups excluding carboxylic acids is 1. The van der Waals surface area contributed by atoms with Crippen molar-refractivity contribution in [3.05, 3.63) is 98.9 Å². The van der Waals surface area contributed by atoms with Crippen LogP contribution in [0.25, 0.3) is 0 Å². The maximum Gasteiger partial charge on any atom is 0.256 e. The molecule has 3 aromatic rings. The molecular formula is C19H15BrN2O2. The summed E-state index contributed by atoms with van der Waals surface area (Å²) in [7, 11) is 0. The molecule has 0 aliphatic carbocycles. The van der Waals surface area contributed by atoms with Crippen molar-refractivity contribution in [3.8, 4) is 0 Å². The Kier molecular flexibility index (Phi) is 4.91. The standard InChI is InChI=1S/C19H15BrN2O2/c20-17-6-2-1-5-16(17)19(24)21-15-10-8-14(9-11-15)13-22-12-4-3-7-18(22)23/h1-12H,13H2,(H,21,24). The molecule has 1 N–H and O–H groups in total. The van der Waals surface area contributed by atoms with E-state index in [-0.39, 0.29) is 11.5 Å². The molecule has 0 bridgehead atoms. The van der Waals surface area contributed by atoms with Crippen molar-refractivity contribution < 1.29 is 4.79 Å². The van der Waals surface area contributed by atoms with Gasteiger partial charge < -0.3 is 9.88 Å². The van der Waals surface area contributed by atoms with Gasteiger partial charge in [0, 0.05) is 22.4 Å². The SMILES string of the molecule is O=C(Nc1ccc(Cn2ccccc2=O)cc1)c1ccccc1Br. The number of nitrogens with one attached hydrogen (secondary N) is 1. The average Bonchev–Trinajstić information content (AvgIpc) is 2.59. The number of aromatic nitrogens is 1. The summed E-state index contributed by atoms with van der Waals surface area (Å²) in [6, 6.07) is 19.8. The van der Waals surface area contributed by atoms with Gasteiger partial charge >= 0.3 is 0 Å². The van der Waals surface area contributed by atoms with Gasteiger partial charge in [0.05, 0.1) is 12.1 Å². The predicted octanol–water partition coefficient (Wildman–Crippen LogP) is 3.91. The monoisotopic (exact) mass is 382 g/mol. The van der Waals surface area contributed by atoms with Crippen LogP contribution in [0, 0.1) is 0 Å². The number of carbonyl (C=O) groups is 1. The van der Waals surface area contributed by atoms with Crippen LogP contribution in [0.15, 0.2) is 82.2 Å². The summed E-state index contributed by atoms with van der Waals surface area (Å²) >= 11 is 3.37. The Bertz CT molecular complexity index is 917. The normalized spacial score (nSPS) is 10.4.